The summed E-state index contributed by atoms with van der Waals surface area (Å²) in [5, 5.41) is 5.47. The quantitative estimate of drug-likeness (QED) is 0.383. The maximum absolute atomic E-state index is 12.7. The monoisotopic (exact) mass is 456 g/mol. The Labute approximate surface area is 190 Å². The van der Waals surface area contributed by atoms with Crippen LogP contribution in [0.5, 0.6) is 0 Å². The van der Waals surface area contributed by atoms with E-state index < -0.39 is 17.2 Å². The van der Waals surface area contributed by atoms with E-state index in [1.54, 1.807) is 42.9 Å². The highest BCUT2D eigenvalue weighted by Crippen LogP contribution is 2.07. The number of amides is 2. The Morgan fingerprint density at radius 2 is 1.82 bits per heavy atom. The lowest BCUT2D eigenvalue weighted by atomic mass is 10.1. The van der Waals surface area contributed by atoms with Crippen molar-refractivity contribution in [2.75, 3.05) is 6.61 Å². The number of benzene rings is 1. The molecular weight excluding hydrogens is 428 g/mol. The van der Waals surface area contributed by atoms with Gasteiger partial charge in [0.1, 0.15) is 0 Å². The number of rotatable bonds is 8. The molecule has 0 atom stereocenters. The topological polar surface area (TPSA) is 129 Å². The molecule has 0 spiro atoms. The van der Waals surface area contributed by atoms with Crippen LogP contribution in [-0.4, -0.2) is 43.3 Å². The van der Waals surface area contributed by atoms with Crippen molar-refractivity contribution in [2.45, 2.75) is 39.4 Å². The molecule has 0 bridgehead atoms. The van der Waals surface area contributed by atoms with Crippen LogP contribution in [-0.2, 0) is 31.9 Å². The number of nitrogens with zero attached hydrogens (tertiary/aromatic N) is 4. The highest BCUT2D eigenvalue weighted by Gasteiger charge is 2.15. The van der Waals surface area contributed by atoms with Crippen molar-refractivity contribution in [1.82, 2.24) is 29.3 Å². The highest BCUT2D eigenvalue weighted by molar-refractivity contribution is 5.89. The smallest absolute Gasteiger partial charge is 0.338 e. The van der Waals surface area contributed by atoms with Crippen LogP contribution in [0.15, 0.2) is 40.2 Å². The van der Waals surface area contributed by atoms with Gasteiger partial charge >= 0.3 is 17.7 Å². The van der Waals surface area contributed by atoms with Crippen LogP contribution in [0.2, 0.25) is 0 Å². The van der Waals surface area contributed by atoms with Crippen LogP contribution in [0.1, 0.15) is 36.2 Å². The molecule has 2 heterocycles. The molecule has 33 heavy (non-hydrogen) atoms. The summed E-state index contributed by atoms with van der Waals surface area (Å²) >= 11 is 0. The van der Waals surface area contributed by atoms with Crippen LogP contribution in [0.3, 0.4) is 0 Å². The summed E-state index contributed by atoms with van der Waals surface area (Å²) in [4.78, 5) is 53.2. The van der Waals surface area contributed by atoms with Gasteiger partial charge in [-0.1, -0.05) is 12.1 Å². The van der Waals surface area contributed by atoms with Crippen LogP contribution >= 0.6 is 0 Å². The lowest BCUT2D eigenvalue weighted by Gasteiger charge is -2.11. The lowest BCUT2D eigenvalue weighted by molar-refractivity contribution is 0.0495. The fourth-order valence-corrected chi connectivity index (χ4v) is 3.32. The van der Waals surface area contributed by atoms with Crippen molar-refractivity contribution < 1.29 is 14.3 Å². The van der Waals surface area contributed by atoms with Crippen LogP contribution in [0.25, 0.3) is 11.2 Å². The second-order valence-electron chi connectivity index (χ2n) is 7.99. The van der Waals surface area contributed by atoms with Crippen molar-refractivity contribution >= 4 is 23.2 Å². The number of aryl methyl sites for hydroxylation is 2. The third-order valence-corrected chi connectivity index (χ3v) is 5.02. The van der Waals surface area contributed by atoms with Gasteiger partial charge in [-0.3, -0.25) is 13.9 Å². The number of esters is 1. The summed E-state index contributed by atoms with van der Waals surface area (Å²) in [7, 11) is 3.25. The predicted octanol–water partition coefficient (Wildman–Crippen LogP) is 0.888. The number of nitrogens with one attached hydrogen (secondary N) is 2. The minimum absolute atomic E-state index is 0.0434. The van der Waals surface area contributed by atoms with Gasteiger partial charge in [0.2, 0.25) is 0 Å². The van der Waals surface area contributed by atoms with Gasteiger partial charge in [0, 0.05) is 33.2 Å². The van der Waals surface area contributed by atoms with Crippen LogP contribution in [0, 0.1) is 0 Å². The van der Waals surface area contributed by atoms with Gasteiger partial charge in [-0.25, -0.2) is 19.4 Å². The molecule has 0 saturated carbocycles. The SMILES string of the molecule is CC(C)NC(=O)NCc1ccc(C(=O)OCCCn2c(=O)c3c(ncn3C)n(C)c2=O)cc1. The van der Waals surface area contributed by atoms with Crippen molar-refractivity contribution in [3.05, 3.63) is 62.6 Å². The molecule has 11 nitrogen and oxygen atoms in total. The van der Waals surface area contributed by atoms with Crippen molar-refractivity contribution in [1.29, 1.82) is 0 Å². The van der Waals surface area contributed by atoms with Gasteiger partial charge in [-0.2, -0.15) is 0 Å². The first kappa shape index (κ1) is 23.8. The number of ether oxygens (including phenoxy) is 1. The number of hydrogen-bond donors (Lipinski definition) is 2. The first-order valence-corrected chi connectivity index (χ1v) is 10.6. The molecule has 0 fully saturated rings. The summed E-state index contributed by atoms with van der Waals surface area (Å²) in [5.74, 6) is -0.505. The molecule has 3 aromatic rings. The van der Waals surface area contributed by atoms with E-state index in [1.165, 1.54) is 10.9 Å². The van der Waals surface area contributed by atoms with Gasteiger partial charge in [0.05, 0.1) is 18.5 Å². The largest absolute Gasteiger partial charge is 0.462 e. The van der Waals surface area contributed by atoms with E-state index in [-0.39, 0.29) is 25.2 Å². The van der Waals surface area contributed by atoms with Crippen molar-refractivity contribution in [3.63, 3.8) is 0 Å². The highest BCUT2D eigenvalue weighted by atomic mass is 16.5. The molecule has 0 unspecified atom stereocenters. The molecule has 0 saturated heterocycles. The second-order valence-corrected chi connectivity index (χ2v) is 7.99. The normalized spacial score (nSPS) is 11.1. The average molecular weight is 457 g/mol. The number of aromatic nitrogens is 4. The van der Waals surface area contributed by atoms with E-state index in [0.29, 0.717) is 29.7 Å². The van der Waals surface area contributed by atoms with Gasteiger partial charge < -0.3 is 19.9 Å². The lowest BCUT2D eigenvalue weighted by Crippen LogP contribution is -2.39. The van der Waals surface area contributed by atoms with Crippen molar-refractivity contribution in [3.8, 4) is 0 Å². The summed E-state index contributed by atoms with van der Waals surface area (Å²) in [6.07, 6.45) is 1.79. The number of carbonyl (C=O) groups excluding carboxylic acids is 2. The molecule has 1 aromatic carbocycles. The molecule has 0 aliphatic carbocycles. The Morgan fingerprint density at radius 1 is 1.12 bits per heavy atom. The predicted molar refractivity (Wildman–Crippen MR) is 122 cm³/mol. The number of imidazole rings is 1. The maximum atomic E-state index is 12.7. The van der Waals surface area contributed by atoms with Gasteiger partial charge in [0.15, 0.2) is 11.2 Å². The molecule has 0 aliphatic heterocycles. The van der Waals surface area contributed by atoms with Crippen LogP contribution < -0.4 is 21.9 Å². The zero-order valence-electron chi connectivity index (χ0n) is 19.1. The van der Waals surface area contributed by atoms with E-state index in [0.717, 1.165) is 10.1 Å². The molecule has 0 radical (unpaired) electrons. The minimum Gasteiger partial charge on any atom is -0.462 e. The summed E-state index contributed by atoms with van der Waals surface area (Å²) in [6, 6.07) is 6.50. The van der Waals surface area contributed by atoms with E-state index in [4.69, 9.17) is 4.74 Å². The van der Waals surface area contributed by atoms with Gasteiger partial charge in [-0.05, 0) is 38.0 Å². The number of carbonyl (C=O) groups is 2. The summed E-state index contributed by atoms with van der Waals surface area (Å²) in [6.45, 7) is 4.24. The molecule has 2 aromatic heterocycles. The third kappa shape index (κ3) is 5.48. The molecule has 2 N–H and O–H groups in total. The maximum Gasteiger partial charge on any atom is 0.338 e. The Morgan fingerprint density at radius 3 is 2.48 bits per heavy atom. The number of urea groups is 1. The zero-order valence-corrected chi connectivity index (χ0v) is 19.1. The summed E-state index contributed by atoms with van der Waals surface area (Å²) in [5.41, 5.74) is 0.982. The molecule has 3 rings (SSSR count). The minimum atomic E-state index is -0.505. The van der Waals surface area contributed by atoms with Gasteiger partial charge in [-0.15, -0.1) is 0 Å². The first-order valence-electron chi connectivity index (χ1n) is 10.6. The average Bonchev–Trinajstić information content (AvgIpc) is 3.17. The summed E-state index contributed by atoms with van der Waals surface area (Å²) < 4.78 is 9.30. The molecule has 2 amide bonds. The molecule has 0 aliphatic rings. The second kappa shape index (κ2) is 10.2. The molecule has 11 heteroatoms. The number of fused-ring (bicyclic) bond motifs is 1. The third-order valence-electron chi connectivity index (χ3n) is 5.02. The standard InChI is InChI=1S/C22H28N6O5/c1-14(2)25-21(31)23-12-15-6-8-16(9-7-15)20(30)33-11-5-10-28-19(29)17-18(24-13-26(17)3)27(4)22(28)32/h6-9,13-14H,5,10-12H2,1-4H3,(H2,23,25,31). The van der Waals surface area contributed by atoms with Gasteiger partial charge in [0.25, 0.3) is 5.56 Å². The molecule has 176 valence electrons. The van der Waals surface area contributed by atoms with Crippen LogP contribution in [0.4, 0.5) is 4.79 Å². The Bertz CT molecular complexity index is 1270. The van der Waals surface area contributed by atoms with Crippen molar-refractivity contribution in [2.24, 2.45) is 14.1 Å². The first-order chi connectivity index (χ1) is 15.7. The Kier molecular flexibility index (Phi) is 7.31. The van der Waals surface area contributed by atoms with E-state index in [9.17, 15) is 19.2 Å². The van der Waals surface area contributed by atoms with E-state index >= 15 is 0 Å². The molecular formula is C22H28N6O5. The number of hydrogen-bond acceptors (Lipinski definition) is 6. The fraction of sp³-hybridized carbons (Fsp3) is 0.409. The zero-order chi connectivity index (χ0) is 24.1. The van der Waals surface area contributed by atoms with E-state index in [1.807, 2.05) is 13.8 Å². The Hall–Kier alpha value is -3.89. The van der Waals surface area contributed by atoms with E-state index in [2.05, 4.69) is 15.6 Å². The Balaban J connectivity index is 1.53. The fourth-order valence-electron chi connectivity index (χ4n) is 3.32.